The van der Waals surface area contributed by atoms with Crippen LogP contribution < -0.4 is 10.6 Å². The summed E-state index contributed by atoms with van der Waals surface area (Å²) in [5.74, 6) is 0.822. The van der Waals surface area contributed by atoms with E-state index in [1.165, 1.54) is 0 Å². The van der Waals surface area contributed by atoms with Crippen molar-refractivity contribution in [3.8, 4) is 0 Å². The van der Waals surface area contributed by atoms with Crippen molar-refractivity contribution >= 4 is 29.3 Å². The van der Waals surface area contributed by atoms with Crippen LogP contribution in [-0.2, 0) is 0 Å². The van der Waals surface area contributed by atoms with Gasteiger partial charge in [0.15, 0.2) is 5.76 Å². The summed E-state index contributed by atoms with van der Waals surface area (Å²) in [5, 5.41) is 7.46. The highest BCUT2D eigenvalue weighted by Gasteiger charge is 2.26. The summed E-state index contributed by atoms with van der Waals surface area (Å²) in [5.41, 5.74) is 2.79. The van der Waals surface area contributed by atoms with Gasteiger partial charge in [-0.1, -0.05) is 25.1 Å². The number of hydrogen-bond acceptors (Lipinski definition) is 3. The summed E-state index contributed by atoms with van der Waals surface area (Å²) < 4.78 is 5.84. The van der Waals surface area contributed by atoms with E-state index in [-0.39, 0.29) is 24.4 Å². The molecule has 2 aromatic rings. The predicted octanol–water partition coefficient (Wildman–Crippen LogP) is 3.20. The second-order valence-electron chi connectivity index (χ2n) is 6.06. The Morgan fingerprint density at radius 1 is 1.36 bits per heavy atom. The average molecular weight is 323 g/mol. The van der Waals surface area contributed by atoms with E-state index in [0.717, 1.165) is 41.6 Å². The topological polar surface area (TPSA) is 54.3 Å². The molecule has 2 atom stereocenters. The van der Waals surface area contributed by atoms with Crippen molar-refractivity contribution in [2.45, 2.75) is 33.2 Å². The van der Waals surface area contributed by atoms with Crippen molar-refractivity contribution in [1.29, 1.82) is 0 Å². The maximum absolute atomic E-state index is 12.5. The van der Waals surface area contributed by atoms with E-state index >= 15 is 0 Å². The Morgan fingerprint density at radius 2 is 2.14 bits per heavy atom. The molecule has 22 heavy (non-hydrogen) atoms. The molecule has 1 saturated heterocycles. The minimum absolute atomic E-state index is 0. The third kappa shape index (κ3) is 2.99. The van der Waals surface area contributed by atoms with E-state index in [9.17, 15) is 4.79 Å². The molecular weight excluding hydrogens is 300 g/mol. The van der Waals surface area contributed by atoms with Crippen molar-refractivity contribution < 1.29 is 9.21 Å². The van der Waals surface area contributed by atoms with Gasteiger partial charge in [0.2, 0.25) is 0 Å². The minimum Gasteiger partial charge on any atom is -0.450 e. The van der Waals surface area contributed by atoms with Gasteiger partial charge in [0.05, 0.1) is 0 Å². The lowest BCUT2D eigenvalue weighted by molar-refractivity contribution is 0.0888. The van der Waals surface area contributed by atoms with Gasteiger partial charge >= 0.3 is 0 Å². The molecule has 5 heteroatoms. The third-order valence-corrected chi connectivity index (χ3v) is 4.51. The zero-order valence-electron chi connectivity index (χ0n) is 13.2. The molecular formula is C17H23ClN2O2. The smallest absolute Gasteiger partial charge is 0.287 e. The van der Waals surface area contributed by atoms with Crippen molar-refractivity contribution in [2.24, 2.45) is 5.92 Å². The van der Waals surface area contributed by atoms with Crippen molar-refractivity contribution in [1.82, 2.24) is 10.6 Å². The number of piperidine rings is 1. The van der Waals surface area contributed by atoms with Gasteiger partial charge in [0.1, 0.15) is 5.58 Å². The van der Waals surface area contributed by atoms with Crippen LogP contribution in [0.3, 0.4) is 0 Å². The van der Waals surface area contributed by atoms with E-state index in [2.05, 4.69) is 17.6 Å². The molecule has 2 heterocycles. The van der Waals surface area contributed by atoms with Crippen LogP contribution >= 0.6 is 12.4 Å². The minimum atomic E-state index is -0.108. The molecule has 1 amide bonds. The van der Waals surface area contributed by atoms with E-state index < -0.39 is 0 Å². The van der Waals surface area contributed by atoms with E-state index in [4.69, 9.17) is 4.42 Å². The van der Waals surface area contributed by atoms with Crippen LogP contribution in [0.2, 0.25) is 0 Å². The first kappa shape index (κ1) is 16.8. The van der Waals surface area contributed by atoms with Gasteiger partial charge in [-0.3, -0.25) is 4.79 Å². The van der Waals surface area contributed by atoms with Crippen LogP contribution in [0.4, 0.5) is 0 Å². The summed E-state index contributed by atoms with van der Waals surface area (Å²) in [4.78, 5) is 12.5. The van der Waals surface area contributed by atoms with Crippen LogP contribution in [0.1, 0.15) is 35.0 Å². The Morgan fingerprint density at radius 3 is 2.82 bits per heavy atom. The van der Waals surface area contributed by atoms with Gasteiger partial charge in [0.25, 0.3) is 5.91 Å². The normalized spacial score (nSPS) is 21.4. The molecule has 3 rings (SSSR count). The van der Waals surface area contributed by atoms with E-state index in [1.807, 2.05) is 32.0 Å². The Hall–Kier alpha value is -1.52. The quantitative estimate of drug-likeness (QED) is 0.892. The largest absolute Gasteiger partial charge is 0.450 e. The monoisotopic (exact) mass is 322 g/mol. The molecule has 1 aromatic heterocycles. The number of carbonyl (C=O) groups excluding carboxylic acids is 1. The fourth-order valence-electron chi connectivity index (χ4n) is 3.02. The van der Waals surface area contributed by atoms with Crippen molar-refractivity contribution in [3.05, 3.63) is 35.1 Å². The van der Waals surface area contributed by atoms with Gasteiger partial charge in [0, 0.05) is 23.5 Å². The number of rotatable bonds is 2. The number of halogens is 1. The first-order valence-electron chi connectivity index (χ1n) is 7.58. The van der Waals surface area contributed by atoms with Gasteiger partial charge in [-0.2, -0.15) is 0 Å². The molecule has 2 unspecified atom stereocenters. The lowest BCUT2D eigenvalue weighted by Crippen LogP contribution is -2.50. The Labute approximate surface area is 137 Å². The summed E-state index contributed by atoms with van der Waals surface area (Å²) in [7, 11) is 0. The molecule has 2 N–H and O–H groups in total. The van der Waals surface area contributed by atoms with Crippen LogP contribution in [0.5, 0.6) is 0 Å². The number of furan rings is 1. The molecule has 1 aliphatic rings. The fourth-order valence-corrected chi connectivity index (χ4v) is 3.02. The van der Waals surface area contributed by atoms with Crippen LogP contribution in [-0.4, -0.2) is 25.0 Å². The molecule has 0 aliphatic carbocycles. The molecule has 1 aromatic carbocycles. The lowest BCUT2D eigenvalue weighted by atomic mass is 9.94. The zero-order chi connectivity index (χ0) is 15.0. The second kappa shape index (κ2) is 6.71. The Kier molecular flexibility index (Phi) is 5.14. The van der Waals surface area contributed by atoms with Gasteiger partial charge < -0.3 is 15.1 Å². The standard InChI is InChI=1S/C17H22N2O2.ClH/c1-10-7-8-18-9-14(10)19-17(20)16-12(3)13-6-4-5-11(2)15(13)21-16;/h4-6,10,14,18H,7-9H2,1-3H3,(H,19,20);1H. The zero-order valence-corrected chi connectivity index (χ0v) is 14.0. The second-order valence-corrected chi connectivity index (χ2v) is 6.06. The molecule has 120 valence electrons. The lowest BCUT2D eigenvalue weighted by Gasteiger charge is -2.29. The highest BCUT2D eigenvalue weighted by atomic mass is 35.5. The van der Waals surface area contributed by atoms with E-state index in [1.54, 1.807) is 0 Å². The SMILES string of the molecule is Cc1c(C(=O)NC2CNCCC2C)oc2c(C)cccc12.Cl. The molecule has 0 saturated carbocycles. The number of para-hydroxylation sites is 1. The number of amides is 1. The summed E-state index contributed by atoms with van der Waals surface area (Å²) in [6.45, 7) is 7.98. The number of fused-ring (bicyclic) bond motifs is 1. The molecule has 1 aliphatic heterocycles. The van der Waals surface area contributed by atoms with Crippen LogP contribution in [0.25, 0.3) is 11.0 Å². The summed E-state index contributed by atoms with van der Waals surface area (Å²) in [6, 6.07) is 6.16. The highest BCUT2D eigenvalue weighted by Crippen LogP contribution is 2.27. The van der Waals surface area contributed by atoms with Crippen molar-refractivity contribution in [2.75, 3.05) is 13.1 Å². The third-order valence-electron chi connectivity index (χ3n) is 4.51. The maximum atomic E-state index is 12.5. The number of hydrogen-bond donors (Lipinski definition) is 2. The molecule has 0 bridgehead atoms. The molecule has 0 spiro atoms. The van der Waals surface area contributed by atoms with Crippen molar-refractivity contribution in [3.63, 3.8) is 0 Å². The maximum Gasteiger partial charge on any atom is 0.287 e. The van der Waals surface area contributed by atoms with Crippen LogP contribution in [0.15, 0.2) is 22.6 Å². The van der Waals surface area contributed by atoms with Gasteiger partial charge in [-0.05, 0) is 38.3 Å². The first-order chi connectivity index (χ1) is 10.1. The van der Waals surface area contributed by atoms with Gasteiger partial charge in [-0.25, -0.2) is 0 Å². The molecule has 1 fully saturated rings. The van der Waals surface area contributed by atoms with E-state index in [0.29, 0.717) is 11.7 Å². The summed E-state index contributed by atoms with van der Waals surface area (Å²) in [6.07, 6.45) is 1.09. The highest BCUT2D eigenvalue weighted by molar-refractivity contribution is 5.99. The Balaban J connectivity index is 0.00000176. The first-order valence-corrected chi connectivity index (χ1v) is 7.58. The molecule has 0 radical (unpaired) electrons. The number of benzene rings is 1. The Bertz CT molecular complexity index is 681. The number of nitrogens with one attached hydrogen (secondary N) is 2. The predicted molar refractivity (Wildman–Crippen MR) is 90.8 cm³/mol. The number of carbonyl (C=O) groups is 1. The van der Waals surface area contributed by atoms with Crippen LogP contribution in [0, 0.1) is 19.8 Å². The number of aryl methyl sites for hydroxylation is 2. The fraction of sp³-hybridized carbons (Fsp3) is 0.471. The van der Waals surface area contributed by atoms with Gasteiger partial charge in [-0.15, -0.1) is 12.4 Å². The molecule has 4 nitrogen and oxygen atoms in total. The average Bonchev–Trinajstić information content (AvgIpc) is 2.81. The summed E-state index contributed by atoms with van der Waals surface area (Å²) >= 11 is 0.